The Morgan fingerprint density at radius 2 is 2.11 bits per heavy atom. The van der Waals surface area contributed by atoms with Crippen molar-refractivity contribution in [3.63, 3.8) is 0 Å². The first-order chi connectivity index (χ1) is 9.16. The van der Waals surface area contributed by atoms with Gasteiger partial charge in [0.2, 0.25) is 0 Å². The molecule has 0 amide bonds. The molecule has 0 bridgehead atoms. The van der Waals surface area contributed by atoms with Crippen molar-refractivity contribution >= 4 is 0 Å². The lowest BCUT2D eigenvalue weighted by atomic mass is 9.99. The zero-order chi connectivity index (χ0) is 13.7. The van der Waals surface area contributed by atoms with E-state index < -0.39 is 0 Å². The van der Waals surface area contributed by atoms with Crippen LogP contribution in [0.2, 0.25) is 0 Å². The lowest BCUT2D eigenvalue weighted by Gasteiger charge is -2.27. The van der Waals surface area contributed by atoms with Gasteiger partial charge in [0.25, 0.3) is 0 Å². The van der Waals surface area contributed by atoms with Crippen molar-refractivity contribution in [3.8, 4) is 0 Å². The van der Waals surface area contributed by atoms with Crippen LogP contribution in [0.15, 0.2) is 24.3 Å². The van der Waals surface area contributed by atoms with Gasteiger partial charge in [-0.1, -0.05) is 29.8 Å². The molecular weight excluding hydrogens is 238 g/mol. The molecule has 1 aromatic carbocycles. The first kappa shape index (κ1) is 14.5. The third-order valence-corrected chi connectivity index (χ3v) is 3.70. The second-order valence-corrected chi connectivity index (χ2v) is 5.58. The van der Waals surface area contributed by atoms with Crippen molar-refractivity contribution in [2.24, 2.45) is 11.7 Å². The van der Waals surface area contributed by atoms with E-state index in [2.05, 4.69) is 31.2 Å². The second kappa shape index (κ2) is 7.04. The molecular formula is C16H25NO2. The highest BCUT2D eigenvalue weighted by Crippen LogP contribution is 2.24. The van der Waals surface area contributed by atoms with Crippen LogP contribution in [-0.4, -0.2) is 25.9 Å². The SMILES string of the molecule is Cc1cccc(C(OCC2CCOCC2)C(C)N)c1. The minimum absolute atomic E-state index is 0.00152. The normalized spacial score (nSPS) is 20.2. The van der Waals surface area contributed by atoms with Gasteiger partial charge in [-0.2, -0.15) is 0 Å². The standard InChI is InChI=1S/C16H25NO2/c1-12-4-3-5-15(10-12)16(13(2)17)19-11-14-6-8-18-9-7-14/h3-5,10,13-14,16H,6-9,11,17H2,1-2H3. The minimum atomic E-state index is -0.0113. The highest BCUT2D eigenvalue weighted by Gasteiger charge is 2.20. The lowest BCUT2D eigenvalue weighted by molar-refractivity contribution is -0.0187. The first-order valence-corrected chi connectivity index (χ1v) is 7.18. The van der Waals surface area contributed by atoms with E-state index in [0.29, 0.717) is 5.92 Å². The highest BCUT2D eigenvalue weighted by atomic mass is 16.5. The molecule has 0 spiro atoms. The summed E-state index contributed by atoms with van der Waals surface area (Å²) < 4.78 is 11.5. The van der Waals surface area contributed by atoms with Gasteiger partial charge < -0.3 is 15.2 Å². The Kier molecular flexibility index (Phi) is 5.37. The third-order valence-electron chi connectivity index (χ3n) is 3.70. The number of ether oxygens (including phenoxy) is 2. The summed E-state index contributed by atoms with van der Waals surface area (Å²) in [5.41, 5.74) is 8.52. The predicted octanol–water partition coefficient (Wildman–Crippen LogP) is 2.83. The Morgan fingerprint density at radius 3 is 2.74 bits per heavy atom. The third kappa shape index (κ3) is 4.30. The molecule has 106 valence electrons. The number of rotatable bonds is 5. The largest absolute Gasteiger partial charge is 0.381 e. The minimum Gasteiger partial charge on any atom is -0.381 e. The van der Waals surface area contributed by atoms with Crippen LogP contribution in [0, 0.1) is 12.8 Å². The van der Waals surface area contributed by atoms with Crippen molar-refractivity contribution < 1.29 is 9.47 Å². The van der Waals surface area contributed by atoms with Gasteiger partial charge >= 0.3 is 0 Å². The summed E-state index contributed by atoms with van der Waals surface area (Å²) >= 11 is 0. The van der Waals surface area contributed by atoms with Gasteiger partial charge in [-0.3, -0.25) is 0 Å². The maximum absolute atomic E-state index is 6.10. The zero-order valence-electron chi connectivity index (χ0n) is 12.0. The van der Waals surface area contributed by atoms with E-state index in [1.807, 2.05) is 6.92 Å². The monoisotopic (exact) mass is 263 g/mol. The van der Waals surface area contributed by atoms with Crippen molar-refractivity contribution in [1.82, 2.24) is 0 Å². The van der Waals surface area contributed by atoms with Crippen LogP contribution in [-0.2, 0) is 9.47 Å². The molecule has 2 N–H and O–H groups in total. The Bertz CT molecular complexity index is 386. The van der Waals surface area contributed by atoms with Gasteiger partial charge in [0, 0.05) is 19.3 Å². The summed E-state index contributed by atoms with van der Waals surface area (Å²) in [6.45, 7) is 6.61. The number of hydrogen-bond donors (Lipinski definition) is 1. The quantitative estimate of drug-likeness (QED) is 0.888. The Morgan fingerprint density at radius 1 is 1.37 bits per heavy atom. The van der Waals surface area contributed by atoms with Crippen LogP contribution in [0.4, 0.5) is 0 Å². The summed E-state index contributed by atoms with van der Waals surface area (Å²) in [5.74, 6) is 0.611. The molecule has 1 aromatic rings. The van der Waals surface area contributed by atoms with Gasteiger partial charge in [0.15, 0.2) is 0 Å². The number of hydrogen-bond acceptors (Lipinski definition) is 3. The first-order valence-electron chi connectivity index (χ1n) is 7.18. The van der Waals surface area contributed by atoms with Crippen LogP contribution >= 0.6 is 0 Å². The second-order valence-electron chi connectivity index (χ2n) is 5.58. The topological polar surface area (TPSA) is 44.5 Å². The van der Waals surface area contributed by atoms with Crippen LogP contribution in [0.3, 0.4) is 0 Å². The summed E-state index contributed by atoms with van der Waals surface area (Å²) in [6, 6.07) is 8.43. The lowest BCUT2D eigenvalue weighted by Crippen LogP contribution is -2.29. The fourth-order valence-electron chi connectivity index (χ4n) is 2.55. The van der Waals surface area contributed by atoms with E-state index in [-0.39, 0.29) is 12.1 Å². The molecule has 0 aliphatic carbocycles. The van der Waals surface area contributed by atoms with Crippen molar-refractivity contribution in [2.45, 2.75) is 38.8 Å². The highest BCUT2D eigenvalue weighted by molar-refractivity contribution is 5.25. The molecule has 2 rings (SSSR count). The Balaban J connectivity index is 1.96. The number of aryl methyl sites for hydroxylation is 1. The Labute approximate surface area is 116 Å². The fraction of sp³-hybridized carbons (Fsp3) is 0.625. The van der Waals surface area contributed by atoms with Crippen molar-refractivity contribution in [2.75, 3.05) is 19.8 Å². The molecule has 1 saturated heterocycles. The zero-order valence-corrected chi connectivity index (χ0v) is 12.0. The van der Waals surface area contributed by atoms with E-state index in [1.165, 1.54) is 11.1 Å². The van der Waals surface area contributed by atoms with Gasteiger partial charge in [-0.25, -0.2) is 0 Å². The summed E-state index contributed by atoms with van der Waals surface area (Å²) in [6.07, 6.45) is 2.18. The summed E-state index contributed by atoms with van der Waals surface area (Å²) in [4.78, 5) is 0. The van der Waals surface area contributed by atoms with Crippen LogP contribution < -0.4 is 5.73 Å². The molecule has 0 radical (unpaired) electrons. The van der Waals surface area contributed by atoms with Gasteiger partial charge in [-0.05, 0) is 38.2 Å². The van der Waals surface area contributed by atoms with Crippen LogP contribution in [0.25, 0.3) is 0 Å². The summed E-state index contributed by atoms with van der Waals surface area (Å²) in [7, 11) is 0. The molecule has 2 atom stereocenters. The summed E-state index contributed by atoms with van der Waals surface area (Å²) in [5, 5.41) is 0. The maximum Gasteiger partial charge on any atom is 0.0973 e. The molecule has 2 unspecified atom stereocenters. The molecule has 1 aliphatic heterocycles. The van der Waals surface area contributed by atoms with Crippen LogP contribution in [0.5, 0.6) is 0 Å². The molecule has 3 heteroatoms. The maximum atomic E-state index is 6.10. The molecule has 3 nitrogen and oxygen atoms in total. The Hall–Kier alpha value is -0.900. The average Bonchev–Trinajstić information content (AvgIpc) is 2.40. The van der Waals surface area contributed by atoms with Crippen molar-refractivity contribution in [1.29, 1.82) is 0 Å². The van der Waals surface area contributed by atoms with Crippen LogP contribution in [0.1, 0.15) is 37.0 Å². The predicted molar refractivity (Wildman–Crippen MR) is 77.1 cm³/mol. The van der Waals surface area contributed by atoms with Gasteiger partial charge in [0.05, 0.1) is 12.7 Å². The molecule has 19 heavy (non-hydrogen) atoms. The average molecular weight is 263 g/mol. The molecule has 0 saturated carbocycles. The van der Waals surface area contributed by atoms with E-state index in [0.717, 1.165) is 32.7 Å². The van der Waals surface area contributed by atoms with E-state index in [1.54, 1.807) is 0 Å². The van der Waals surface area contributed by atoms with Gasteiger partial charge in [-0.15, -0.1) is 0 Å². The van der Waals surface area contributed by atoms with E-state index >= 15 is 0 Å². The van der Waals surface area contributed by atoms with E-state index in [4.69, 9.17) is 15.2 Å². The number of benzene rings is 1. The van der Waals surface area contributed by atoms with E-state index in [9.17, 15) is 0 Å². The fourth-order valence-corrected chi connectivity index (χ4v) is 2.55. The molecule has 0 aromatic heterocycles. The molecule has 1 aliphatic rings. The van der Waals surface area contributed by atoms with Crippen molar-refractivity contribution in [3.05, 3.63) is 35.4 Å². The smallest absolute Gasteiger partial charge is 0.0973 e. The van der Waals surface area contributed by atoms with Gasteiger partial charge in [0.1, 0.15) is 0 Å². The molecule has 1 heterocycles. The number of nitrogens with two attached hydrogens (primary N) is 1. The molecule has 1 fully saturated rings.